The Balaban J connectivity index is 2.24. The zero-order chi connectivity index (χ0) is 14.6. The fourth-order valence-electron chi connectivity index (χ4n) is 1.93. The SMILES string of the molecule is CCc1nnsc1C(=O)NC(C)(CO)c1ccccc1. The number of nitrogens with zero attached hydrogens (tertiary/aromatic N) is 2. The summed E-state index contributed by atoms with van der Waals surface area (Å²) in [5, 5.41) is 16.5. The molecular weight excluding hydrogens is 274 g/mol. The molecule has 1 aromatic carbocycles. The molecule has 2 aromatic rings. The third-order valence-electron chi connectivity index (χ3n) is 3.21. The average molecular weight is 291 g/mol. The van der Waals surface area contributed by atoms with Crippen molar-refractivity contribution in [2.24, 2.45) is 0 Å². The number of rotatable bonds is 5. The summed E-state index contributed by atoms with van der Waals surface area (Å²) < 4.78 is 3.81. The van der Waals surface area contributed by atoms with Crippen LogP contribution in [0.1, 0.15) is 34.8 Å². The van der Waals surface area contributed by atoms with Gasteiger partial charge in [-0.3, -0.25) is 4.79 Å². The molecule has 0 radical (unpaired) electrons. The summed E-state index contributed by atoms with van der Waals surface area (Å²) in [6.45, 7) is 3.53. The van der Waals surface area contributed by atoms with Crippen LogP contribution in [0, 0.1) is 0 Å². The van der Waals surface area contributed by atoms with E-state index in [1.807, 2.05) is 37.3 Å². The molecule has 0 fully saturated rings. The van der Waals surface area contributed by atoms with E-state index in [9.17, 15) is 9.90 Å². The molecule has 0 bridgehead atoms. The van der Waals surface area contributed by atoms with Crippen molar-refractivity contribution in [2.45, 2.75) is 25.8 Å². The van der Waals surface area contributed by atoms with Crippen molar-refractivity contribution < 1.29 is 9.90 Å². The van der Waals surface area contributed by atoms with Gasteiger partial charge in [0.1, 0.15) is 4.88 Å². The Hall–Kier alpha value is -1.79. The molecule has 2 N–H and O–H groups in total. The molecule has 0 aliphatic carbocycles. The summed E-state index contributed by atoms with van der Waals surface area (Å²) >= 11 is 1.07. The molecule has 5 nitrogen and oxygen atoms in total. The number of carbonyl (C=O) groups excluding carboxylic acids is 1. The standard InChI is InChI=1S/C14H17N3O2S/c1-3-11-12(20-17-16-11)13(19)15-14(2,9-18)10-7-5-4-6-8-10/h4-8,18H,3,9H2,1-2H3,(H,15,19). The first-order valence-electron chi connectivity index (χ1n) is 6.41. The van der Waals surface area contributed by atoms with Crippen molar-refractivity contribution in [2.75, 3.05) is 6.61 Å². The van der Waals surface area contributed by atoms with E-state index >= 15 is 0 Å². The molecule has 0 aliphatic heterocycles. The van der Waals surface area contributed by atoms with Gasteiger partial charge in [-0.2, -0.15) is 0 Å². The van der Waals surface area contributed by atoms with Gasteiger partial charge in [0.2, 0.25) is 0 Å². The zero-order valence-electron chi connectivity index (χ0n) is 11.5. The number of hydrogen-bond donors (Lipinski definition) is 2. The molecule has 0 saturated heterocycles. The lowest BCUT2D eigenvalue weighted by Crippen LogP contribution is -2.46. The monoisotopic (exact) mass is 291 g/mol. The number of amides is 1. The maximum Gasteiger partial charge on any atom is 0.265 e. The van der Waals surface area contributed by atoms with Crippen molar-refractivity contribution in [3.63, 3.8) is 0 Å². The van der Waals surface area contributed by atoms with Crippen LogP contribution in [0.3, 0.4) is 0 Å². The van der Waals surface area contributed by atoms with Crippen LogP contribution in [0.5, 0.6) is 0 Å². The highest BCUT2D eigenvalue weighted by Crippen LogP contribution is 2.21. The van der Waals surface area contributed by atoms with Crippen LogP contribution in [0.2, 0.25) is 0 Å². The van der Waals surface area contributed by atoms with Crippen LogP contribution < -0.4 is 5.32 Å². The summed E-state index contributed by atoms with van der Waals surface area (Å²) in [6.07, 6.45) is 0.653. The molecule has 1 atom stereocenters. The van der Waals surface area contributed by atoms with Crippen molar-refractivity contribution >= 4 is 17.4 Å². The van der Waals surface area contributed by atoms with Crippen molar-refractivity contribution in [1.29, 1.82) is 0 Å². The second kappa shape index (κ2) is 6.11. The smallest absolute Gasteiger partial charge is 0.265 e. The minimum absolute atomic E-state index is 0.184. The molecule has 2 rings (SSSR count). The molecular formula is C14H17N3O2S. The first-order valence-corrected chi connectivity index (χ1v) is 7.18. The Kier molecular flexibility index (Phi) is 4.46. The summed E-state index contributed by atoms with van der Waals surface area (Å²) in [5.74, 6) is -0.253. The quantitative estimate of drug-likeness (QED) is 0.880. The van der Waals surface area contributed by atoms with E-state index < -0.39 is 5.54 Å². The minimum atomic E-state index is -0.826. The van der Waals surface area contributed by atoms with Crippen molar-refractivity contribution in [3.8, 4) is 0 Å². The summed E-state index contributed by atoms with van der Waals surface area (Å²) in [6, 6.07) is 9.40. The number of carbonyl (C=O) groups is 1. The van der Waals surface area contributed by atoms with Crippen LogP contribution in [-0.2, 0) is 12.0 Å². The third-order valence-corrected chi connectivity index (χ3v) is 3.98. The van der Waals surface area contributed by atoms with Gasteiger partial charge in [-0.15, -0.1) is 5.10 Å². The highest BCUT2D eigenvalue weighted by Gasteiger charge is 2.29. The molecule has 1 amide bonds. The zero-order valence-corrected chi connectivity index (χ0v) is 12.3. The van der Waals surface area contributed by atoms with Gasteiger partial charge in [0.05, 0.1) is 17.8 Å². The van der Waals surface area contributed by atoms with Crippen molar-refractivity contribution in [3.05, 3.63) is 46.5 Å². The maximum atomic E-state index is 12.3. The van der Waals surface area contributed by atoms with E-state index in [1.165, 1.54) is 0 Å². The summed E-state index contributed by atoms with van der Waals surface area (Å²) in [7, 11) is 0. The lowest BCUT2D eigenvalue weighted by Gasteiger charge is -2.29. The Labute approximate surface area is 121 Å². The van der Waals surface area contributed by atoms with Gasteiger partial charge in [-0.1, -0.05) is 41.7 Å². The Morgan fingerprint density at radius 1 is 1.40 bits per heavy atom. The van der Waals surface area contributed by atoms with E-state index in [0.717, 1.165) is 17.1 Å². The van der Waals surface area contributed by atoms with E-state index in [4.69, 9.17) is 0 Å². The van der Waals surface area contributed by atoms with Gasteiger partial charge in [0.15, 0.2) is 0 Å². The topological polar surface area (TPSA) is 75.1 Å². The molecule has 106 valence electrons. The van der Waals surface area contributed by atoms with E-state index in [0.29, 0.717) is 17.0 Å². The Morgan fingerprint density at radius 3 is 2.70 bits per heavy atom. The second-order valence-electron chi connectivity index (χ2n) is 4.71. The van der Waals surface area contributed by atoms with Gasteiger partial charge in [-0.05, 0) is 30.4 Å². The summed E-state index contributed by atoms with van der Waals surface area (Å²) in [4.78, 5) is 12.8. The maximum absolute atomic E-state index is 12.3. The number of benzene rings is 1. The molecule has 6 heteroatoms. The fraction of sp³-hybridized carbons (Fsp3) is 0.357. The second-order valence-corrected chi connectivity index (χ2v) is 5.47. The van der Waals surface area contributed by atoms with Crippen LogP contribution in [0.15, 0.2) is 30.3 Å². The number of hydrogen-bond acceptors (Lipinski definition) is 5. The summed E-state index contributed by atoms with van der Waals surface area (Å²) in [5.41, 5.74) is 0.708. The van der Waals surface area contributed by atoms with Gasteiger partial charge in [0.25, 0.3) is 5.91 Å². The number of aliphatic hydroxyl groups excluding tert-OH is 1. The predicted molar refractivity (Wildman–Crippen MR) is 77.6 cm³/mol. The molecule has 1 unspecified atom stereocenters. The molecule has 1 aromatic heterocycles. The number of nitrogens with one attached hydrogen (secondary N) is 1. The largest absolute Gasteiger partial charge is 0.394 e. The first kappa shape index (κ1) is 14.6. The van der Waals surface area contributed by atoms with E-state index in [2.05, 4.69) is 14.9 Å². The average Bonchev–Trinajstić information content (AvgIpc) is 2.96. The minimum Gasteiger partial charge on any atom is -0.394 e. The van der Waals surface area contributed by atoms with Crippen LogP contribution >= 0.6 is 11.5 Å². The molecule has 0 aliphatic rings. The molecule has 1 heterocycles. The lowest BCUT2D eigenvalue weighted by molar-refractivity contribution is 0.0852. The van der Waals surface area contributed by atoms with Gasteiger partial charge < -0.3 is 10.4 Å². The number of aromatic nitrogens is 2. The van der Waals surface area contributed by atoms with Crippen LogP contribution in [0.4, 0.5) is 0 Å². The first-order chi connectivity index (χ1) is 9.60. The van der Waals surface area contributed by atoms with Crippen LogP contribution in [0.25, 0.3) is 0 Å². The normalized spacial score (nSPS) is 13.8. The predicted octanol–water partition coefficient (Wildman–Crippen LogP) is 1.74. The highest BCUT2D eigenvalue weighted by molar-refractivity contribution is 7.08. The lowest BCUT2D eigenvalue weighted by atomic mass is 9.93. The molecule has 0 spiro atoms. The number of aliphatic hydroxyl groups is 1. The van der Waals surface area contributed by atoms with E-state index in [-0.39, 0.29) is 12.5 Å². The van der Waals surface area contributed by atoms with Gasteiger partial charge in [-0.25, -0.2) is 0 Å². The van der Waals surface area contributed by atoms with Crippen LogP contribution in [-0.4, -0.2) is 27.2 Å². The fourth-order valence-corrected chi connectivity index (χ4v) is 2.57. The number of aryl methyl sites for hydroxylation is 1. The Bertz CT molecular complexity index is 585. The van der Waals surface area contributed by atoms with Gasteiger partial charge >= 0.3 is 0 Å². The highest BCUT2D eigenvalue weighted by atomic mass is 32.1. The third kappa shape index (κ3) is 2.86. The van der Waals surface area contributed by atoms with Gasteiger partial charge in [0, 0.05) is 0 Å². The van der Waals surface area contributed by atoms with E-state index in [1.54, 1.807) is 6.92 Å². The van der Waals surface area contributed by atoms with Crippen molar-refractivity contribution in [1.82, 2.24) is 14.9 Å². The molecule has 0 saturated carbocycles. The Morgan fingerprint density at radius 2 is 2.10 bits per heavy atom. The molecule has 20 heavy (non-hydrogen) atoms.